The molecular formula is C31H30Cl2N8S. The van der Waals surface area contributed by atoms with Crippen LogP contribution in [-0.2, 0) is 25.7 Å². The monoisotopic (exact) mass is 616 g/mol. The summed E-state index contributed by atoms with van der Waals surface area (Å²) in [5.41, 5.74) is 14.1. The van der Waals surface area contributed by atoms with E-state index in [4.69, 9.17) is 39.5 Å². The minimum atomic E-state index is 0.176. The van der Waals surface area contributed by atoms with Gasteiger partial charge >= 0.3 is 0 Å². The lowest BCUT2D eigenvalue weighted by molar-refractivity contribution is 0.687. The summed E-state index contributed by atoms with van der Waals surface area (Å²) in [6.07, 6.45) is 14.4. The highest BCUT2D eigenvalue weighted by Crippen LogP contribution is 2.29. The molecule has 0 unspecified atom stereocenters. The lowest BCUT2D eigenvalue weighted by Crippen LogP contribution is -2.07. The molecule has 2 aromatic carbocycles. The number of nitrogens with one attached hydrogen (secondary N) is 1. The SMILES string of the molecule is CSc1ncc(C#N)c(Cl)n1.N#Cc1cnc(Nc2cccc3c2CCCC3)nc1Cl.Nc1cccc2c1CCCC2. The maximum absolute atomic E-state index is 8.82. The summed E-state index contributed by atoms with van der Waals surface area (Å²) >= 11 is 12.9. The van der Waals surface area contributed by atoms with E-state index in [1.165, 1.54) is 84.9 Å². The highest BCUT2D eigenvalue weighted by Gasteiger charge is 2.14. The van der Waals surface area contributed by atoms with Crippen LogP contribution in [0.25, 0.3) is 0 Å². The van der Waals surface area contributed by atoms with Crippen LogP contribution >= 0.6 is 35.0 Å². The summed E-state index contributed by atoms with van der Waals surface area (Å²) in [5, 5.41) is 21.5. The van der Waals surface area contributed by atoms with Crippen molar-refractivity contribution in [3.63, 3.8) is 0 Å². The predicted molar refractivity (Wildman–Crippen MR) is 169 cm³/mol. The van der Waals surface area contributed by atoms with Crippen molar-refractivity contribution in [1.29, 1.82) is 10.5 Å². The summed E-state index contributed by atoms with van der Waals surface area (Å²) < 4.78 is 0. The van der Waals surface area contributed by atoms with Crippen LogP contribution in [0.1, 0.15) is 59.1 Å². The van der Waals surface area contributed by atoms with Crippen molar-refractivity contribution in [2.75, 3.05) is 17.3 Å². The van der Waals surface area contributed by atoms with E-state index in [9.17, 15) is 0 Å². The van der Waals surface area contributed by atoms with Gasteiger partial charge in [-0.2, -0.15) is 15.5 Å². The molecule has 42 heavy (non-hydrogen) atoms. The molecule has 0 saturated carbocycles. The van der Waals surface area contributed by atoms with E-state index in [1.807, 2.05) is 36.6 Å². The Labute approximate surface area is 260 Å². The lowest BCUT2D eigenvalue weighted by atomic mass is 9.90. The fourth-order valence-electron chi connectivity index (χ4n) is 4.85. The largest absolute Gasteiger partial charge is 0.398 e. The van der Waals surface area contributed by atoms with Crippen molar-refractivity contribution in [3.8, 4) is 12.1 Å². The van der Waals surface area contributed by atoms with Gasteiger partial charge in [0.1, 0.15) is 23.3 Å². The number of nitrogens with two attached hydrogens (primary N) is 1. The molecule has 8 nitrogen and oxygen atoms in total. The van der Waals surface area contributed by atoms with Crippen LogP contribution < -0.4 is 11.1 Å². The second kappa shape index (κ2) is 15.4. The number of nitrogen functional groups attached to an aromatic ring is 1. The normalized spacial score (nSPS) is 13.0. The third-order valence-electron chi connectivity index (χ3n) is 6.96. The van der Waals surface area contributed by atoms with Gasteiger partial charge in [-0.25, -0.2) is 15.0 Å². The first-order valence-electron chi connectivity index (χ1n) is 13.6. The summed E-state index contributed by atoms with van der Waals surface area (Å²) in [7, 11) is 0. The number of benzene rings is 2. The summed E-state index contributed by atoms with van der Waals surface area (Å²) in [6, 6.07) is 16.3. The predicted octanol–water partition coefficient (Wildman–Crippen LogP) is 7.50. The Balaban J connectivity index is 0.000000157. The summed E-state index contributed by atoms with van der Waals surface area (Å²) in [4.78, 5) is 16.0. The molecular weight excluding hydrogens is 587 g/mol. The molecule has 0 amide bonds. The number of nitrogens with zero attached hydrogens (tertiary/aromatic N) is 6. The molecule has 2 aromatic heterocycles. The second-order valence-electron chi connectivity index (χ2n) is 9.65. The van der Waals surface area contributed by atoms with E-state index in [1.54, 1.807) is 0 Å². The Morgan fingerprint density at radius 2 is 1.36 bits per heavy atom. The molecule has 2 heterocycles. The second-order valence-corrected chi connectivity index (χ2v) is 11.1. The molecule has 2 aliphatic rings. The van der Waals surface area contributed by atoms with E-state index < -0.39 is 0 Å². The van der Waals surface area contributed by atoms with Crippen LogP contribution in [0, 0.1) is 22.7 Å². The molecule has 11 heteroatoms. The van der Waals surface area contributed by atoms with Gasteiger partial charge in [0.05, 0.1) is 12.4 Å². The van der Waals surface area contributed by atoms with Gasteiger partial charge in [0, 0.05) is 11.4 Å². The lowest BCUT2D eigenvalue weighted by Gasteiger charge is -2.19. The molecule has 4 aromatic rings. The maximum atomic E-state index is 8.82. The third-order valence-corrected chi connectivity index (χ3v) is 8.10. The Hall–Kier alpha value is -3.89. The molecule has 6 rings (SSSR count). The number of thioether (sulfide) groups is 1. The van der Waals surface area contributed by atoms with Crippen LogP contribution in [0.5, 0.6) is 0 Å². The zero-order valence-electron chi connectivity index (χ0n) is 23.2. The van der Waals surface area contributed by atoms with Gasteiger partial charge < -0.3 is 11.1 Å². The highest BCUT2D eigenvalue weighted by atomic mass is 35.5. The molecule has 0 fully saturated rings. The van der Waals surface area contributed by atoms with Crippen molar-refractivity contribution in [2.24, 2.45) is 0 Å². The van der Waals surface area contributed by atoms with Gasteiger partial charge in [0.25, 0.3) is 0 Å². The first-order valence-corrected chi connectivity index (χ1v) is 15.5. The van der Waals surface area contributed by atoms with Crippen molar-refractivity contribution >= 4 is 52.3 Å². The topological polar surface area (TPSA) is 137 Å². The van der Waals surface area contributed by atoms with Gasteiger partial charge in [-0.3, -0.25) is 0 Å². The smallest absolute Gasteiger partial charge is 0.228 e. The van der Waals surface area contributed by atoms with Crippen LogP contribution in [-0.4, -0.2) is 26.2 Å². The Bertz CT molecular complexity index is 1630. The fraction of sp³-hybridized carbons (Fsp3) is 0.290. The van der Waals surface area contributed by atoms with Gasteiger partial charge in [-0.15, -0.1) is 0 Å². The Morgan fingerprint density at radius 3 is 1.95 bits per heavy atom. The number of aryl methyl sites for hydroxylation is 2. The average molecular weight is 618 g/mol. The molecule has 214 valence electrons. The molecule has 2 aliphatic carbocycles. The number of nitriles is 2. The maximum Gasteiger partial charge on any atom is 0.228 e. The van der Waals surface area contributed by atoms with Gasteiger partial charge in [0.2, 0.25) is 5.95 Å². The van der Waals surface area contributed by atoms with Crippen molar-refractivity contribution in [2.45, 2.75) is 56.5 Å². The quantitative estimate of drug-likeness (QED) is 0.104. The Morgan fingerprint density at radius 1 is 0.786 bits per heavy atom. The molecule has 0 aliphatic heterocycles. The number of anilines is 3. The van der Waals surface area contributed by atoms with Crippen molar-refractivity contribution in [3.05, 3.63) is 92.5 Å². The van der Waals surface area contributed by atoms with Crippen LogP contribution in [0.2, 0.25) is 10.3 Å². The summed E-state index contributed by atoms with van der Waals surface area (Å²) in [6.45, 7) is 0. The number of halogens is 2. The number of aromatic nitrogens is 4. The standard InChI is InChI=1S/C15H13ClN4.C10H13N.C6H4ClN3S/c16-14-11(8-17)9-18-15(20-14)19-13-7-3-5-10-4-1-2-6-12(10)13;11-10-7-3-5-8-4-1-2-6-9(8)10;1-11-6-9-3-4(2-8)5(7)10-6/h3,5,7,9H,1-2,4,6H2,(H,18,19,20);3,5,7H,1-2,4,6,11H2;3H,1H3. The van der Waals surface area contributed by atoms with Crippen LogP contribution in [0.15, 0.2) is 53.9 Å². The zero-order valence-corrected chi connectivity index (χ0v) is 25.5. The molecule has 0 atom stereocenters. The first kappa shape index (κ1) is 31.1. The van der Waals surface area contributed by atoms with Gasteiger partial charge in [-0.1, -0.05) is 59.2 Å². The Kier molecular flexibility index (Phi) is 11.4. The van der Waals surface area contributed by atoms with E-state index in [-0.39, 0.29) is 15.9 Å². The van der Waals surface area contributed by atoms with E-state index in [0.29, 0.717) is 16.7 Å². The first-order chi connectivity index (χ1) is 20.4. The van der Waals surface area contributed by atoms with Crippen LogP contribution in [0.4, 0.5) is 17.3 Å². The molecule has 3 N–H and O–H groups in total. The zero-order chi connectivity index (χ0) is 29.9. The van der Waals surface area contributed by atoms with Crippen molar-refractivity contribution < 1.29 is 0 Å². The number of rotatable bonds is 3. The fourth-order valence-corrected chi connectivity index (χ4v) is 5.58. The van der Waals surface area contributed by atoms with Gasteiger partial charge in [-0.05, 0) is 92.0 Å². The van der Waals surface area contributed by atoms with E-state index >= 15 is 0 Å². The molecule has 0 saturated heterocycles. The summed E-state index contributed by atoms with van der Waals surface area (Å²) in [5.74, 6) is 0.424. The molecule has 0 bridgehead atoms. The number of hydrogen-bond donors (Lipinski definition) is 2. The van der Waals surface area contributed by atoms with Gasteiger partial charge in [0.15, 0.2) is 15.5 Å². The average Bonchev–Trinajstić information content (AvgIpc) is 3.02. The van der Waals surface area contributed by atoms with Crippen LogP contribution in [0.3, 0.4) is 0 Å². The highest BCUT2D eigenvalue weighted by molar-refractivity contribution is 7.98. The number of hydrogen-bond acceptors (Lipinski definition) is 9. The minimum Gasteiger partial charge on any atom is -0.398 e. The molecule has 0 spiro atoms. The van der Waals surface area contributed by atoms with Crippen molar-refractivity contribution in [1.82, 2.24) is 19.9 Å². The van der Waals surface area contributed by atoms with E-state index in [0.717, 1.165) is 24.2 Å². The number of fused-ring (bicyclic) bond motifs is 2. The minimum absolute atomic E-state index is 0.176. The van der Waals surface area contributed by atoms with E-state index in [2.05, 4.69) is 43.5 Å². The third kappa shape index (κ3) is 8.10. The molecule has 0 radical (unpaired) electrons.